The molecule has 8 nitrogen and oxygen atoms in total. The Hall–Kier alpha value is -4.53. The molecule has 0 saturated heterocycles. The third-order valence-electron chi connectivity index (χ3n) is 6.77. The van der Waals surface area contributed by atoms with Gasteiger partial charge in [-0.1, -0.05) is 30.3 Å². The Morgan fingerprint density at radius 3 is 2.47 bits per heavy atom. The van der Waals surface area contributed by atoms with Crippen molar-refractivity contribution in [3.8, 4) is 11.3 Å². The number of aromatic nitrogens is 3. The fraction of sp³-hybridized carbons (Fsp3) is 0.241. The van der Waals surface area contributed by atoms with Gasteiger partial charge in [0.15, 0.2) is 5.82 Å². The largest absolute Gasteiger partial charge is 0.340 e. The van der Waals surface area contributed by atoms with Gasteiger partial charge in [-0.15, -0.1) is 0 Å². The van der Waals surface area contributed by atoms with E-state index < -0.39 is 0 Å². The highest BCUT2D eigenvalue weighted by atomic mass is 19.1. The van der Waals surface area contributed by atoms with Crippen LogP contribution in [-0.2, 0) is 6.54 Å². The van der Waals surface area contributed by atoms with E-state index in [2.05, 4.69) is 10.3 Å². The number of benzene rings is 2. The number of anilines is 3. The van der Waals surface area contributed by atoms with Crippen LogP contribution in [0.3, 0.4) is 0 Å². The molecule has 0 saturated carbocycles. The van der Waals surface area contributed by atoms with E-state index in [1.165, 1.54) is 12.1 Å². The summed E-state index contributed by atoms with van der Waals surface area (Å²) in [5.74, 6) is 1.20. The molecule has 1 amide bonds. The lowest BCUT2D eigenvalue weighted by atomic mass is 10.1. The molecule has 1 N–H and O–H groups in total. The Kier molecular flexibility index (Phi) is 5.52. The Bertz CT molecular complexity index is 1570. The van der Waals surface area contributed by atoms with Gasteiger partial charge in [-0.25, -0.2) is 14.1 Å². The molecule has 2 aromatic carbocycles. The van der Waals surface area contributed by atoms with Crippen LogP contribution in [0.1, 0.15) is 35.5 Å². The number of aryl methyl sites for hydroxylation is 1. The molecule has 2 aliphatic rings. The van der Waals surface area contributed by atoms with Crippen molar-refractivity contribution in [3.05, 3.63) is 89.4 Å². The Morgan fingerprint density at radius 1 is 1.03 bits per heavy atom. The first kappa shape index (κ1) is 23.8. The summed E-state index contributed by atoms with van der Waals surface area (Å²) < 4.78 is 15.4. The zero-order valence-electron chi connectivity index (χ0n) is 21.7. The predicted octanol–water partition coefficient (Wildman–Crippen LogP) is 5.22. The van der Waals surface area contributed by atoms with Gasteiger partial charge >= 0.3 is 0 Å². The lowest BCUT2D eigenvalue weighted by Gasteiger charge is -2.30. The molecule has 4 aromatic rings. The number of carbonyl (C=O) groups is 1. The number of halogens is 1. The smallest absolute Gasteiger partial charge is 0.267 e. The van der Waals surface area contributed by atoms with Gasteiger partial charge in [0.05, 0.1) is 24.3 Å². The van der Waals surface area contributed by atoms with E-state index in [9.17, 15) is 9.18 Å². The van der Waals surface area contributed by atoms with E-state index in [1.54, 1.807) is 28.8 Å². The number of nitrogens with zero attached hydrogens (tertiary/aromatic N) is 6. The number of pyridine rings is 1. The highest BCUT2D eigenvalue weighted by Gasteiger charge is 2.45. The van der Waals surface area contributed by atoms with E-state index in [1.807, 2.05) is 68.1 Å². The summed E-state index contributed by atoms with van der Waals surface area (Å²) in [5.41, 5.74) is 4.70. The second-order valence-electron chi connectivity index (χ2n) is 10.4. The van der Waals surface area contributed by atoms with E-state index in [0.29, 0.717) is 41.9 Å². The van der Waals surface area contributed by atoms with Crippen LogP contribution in [0, 0.1) is 12.7 Å². The Balaban J connectivity index is 1.40. The molecule has 38 heavy (non-hydrogen) atoms. The fourth-order valence-electron chi connectivity index (χ4n) is 4.91. The zero-order valence-corrected chi connectivity index (χ0v) is 21.7. The fourth-order valence-corrected chi connectivity index (χ4v) is 4.91. The summed E-state index contributed by atoms with van der Waals surface area (Å²) in [4.78, 5) is 26.5. The first-order valence-corrected chi connectivity index (χ1v) is 12.5. The van der Waals surface area contributed by atoms with Crippen LogP contribution in [0.2, 0.25) is 0 Å². The van der Waals surface area contributed by atoms with Crippen LogP contribution in [0.25, 0.3) is 11.3 Å². The van der Waals surface area contributed by atoms with Crippen molar-refractivity contribution in [1.29, 1.82) is 0 Å². The molecule has 0 radical (unpaired) electrons. The average Bonchev–Trinajstić information content (AvgIpc) is 3.41. The van der Waals surface area contributed by atoms with Crippen molar-refractivity contribution in [1.82, 2.24) is 19.7 Å². The van der Waals surface area contributed by atoms with Crippen molar-refractivity contribution in [2.75, 3.05) is 23.8 Å². The lowest BCUT2D eigenvalue weighted by molar-refractivity contribution is 0.0866. The minimum absolute atomic E-state index is 0.190. The maximum atomic E-state index is 13.6. The van der Waals surface area contributed by atoms with Gasteiger partial charge in [-0.05, 0) is 62.7 Å². The van der Waals surface area contributed by atoms with Crippen molar-refractivity contribution in [2.45, 2.75) is 32.9 Å². The minimum atomic E-state index is -0.348. The third-order valence-corrected chi connectivity index (χ3v) is 6.77. The molecule has 0 fully saturated rings. The van der Waals surface area contributed by atoms with Gasteiger partial charge in [0.25, 0.3) is 5.91 Å². The summed E-state index contributed by atoms with van der Waals surface area (Å²) in [6.07, 6.45) is 0. The van der Waals surface area contributed by atoms with Gasteiger partial charge in [0.2, 0.25) is 5.96 Å². The molecular formula is C29H28FN7O. The predicted molar refractivity (Wildman–Crippen MR) is 146 cm³/mol. The number of rotatable bonds is 5. The van der Waals surface area contributed by atoms with Crippen molar-refractivity contribution >= 4 is 29.2 Å². The highest BCUT2D eigenvalue weighted by Crippen LogP contribution is 2.39. The summed E-state index contributed by atoms with van der Waals surface area (Å²) in [6.45, 7) is 7.09. The second kappa shape index (κ2) is 8.79. The van der Waals surface area contributed by atoms with E-state index in [-0.39, 0.29) is 17.3 Å². The Morgan fingerprint density at radius 2 is 1.76 bits per heavy atom. The van der Waals surface area contributed by atoms with E-state index >= 15 is 0 Å². The summed E-state index contributed by atoms with van der Waals surface area (Å²) in [5, 5.41) is 8.24. The van der Waals surface area contributed by atoms with Gasteiger partial charge in [-0.3, -0.25) is 19.6 Å². The molecule has 4 heterocycles. The number of nitrogens with one attached hydrogen (secondary N) is 1. The topological polar surface area (TPSA) is 78.7 Å². The molecule has 2 aliphatic heterocycles. The molecule has 192 valence electrons. The van der Waals surface area contributed by atoms with Gasteiger partial charge in [0.1, 0.15) is 17.2 Å². The molecular weight excluding hydrogens is 481 g/mol. The molecule has 0 aliphatic carbocycles. The van der Waals surface area contributed by atoms with Crippen molar-refractivity contribution in [2.24, 2.45) is 4.99 Å². The molecule has 0 spiro atoms. The molecule has 2 aromatic heterocycles. The SMILES string of the molecule is Cc1cccc(-c2ccc(Cn3nc4c(c3Nc3ccc(F)cc3)C(=O)N(C)C3=NC(C)(C)CN34)cc2)n1. The molecule has 0 atom stereocenters. The third kappa shape index (κ3) is 4.19. The number of hydrogen-bond donors (Lipinski definition) is 1. The maximum absolute atomic E-state index is 13.6. The monoisotopic (exact) mass is 509 g/mol. The second-order valence-corrected chi connectivity index (χ2v) is 10.4. The number of guanidine groups is 1. The lowest BCUT2D eigenvalue weighted by Crippen LogP contribution is -2.48. The minimum Gasteiger partial charge on any atom is -0.340 e. The molecule has 0 bridgehead atoms. The normalized spacial score (nSPS) is 15.8. The highest BCUT2D eigenvalue weighted by molar-refractivity contribution is 6.20. The first-order chi connectivity index (χ1) is 18.2. The summed E-state index contributed by atoms with van der Waals surface area (Å²) >= 11 is 0. The first-order valence-electron chi connectivity index (χ1n) is 12.5. The van der Waals surface area contributed by atoms with Crippen LogP contribution in [0.4, 0.5) is 21.7 Å². The standard InChI is InChI=1S/C29H28FN7O/c1-18-6-5-7-23(31-18)20-10-8-19(9-11-20)16-37-25(32-22-14-12-21(30)13-15-22)24-26(34-37)36-17-29(2,3)33-28(36)35(4)27(24)38/h5-15,32H,16-17H2,1-4H3. The van der Waals surface area contributed by atoms with Gasteiger partial charge < -0.3 is 5.32 Å². The molecule has 9 heteroatoms. The number of fused-ring (bicyclic) bond motifs is 3. The number of carbonyl (C=O) groups excluding carboxylic acids is 1. The van der Waals surface area contributed by atoms with Crippen LogP contribution >= 0.6 is 0 Å². The van der Waals surface area contributed by atoms with Crippen LogP contribution in [-0.4, -0.2) is 50.7 Å². The summed E-state index contributed by atoms with van der Waals surface area (Å²) in [6, 6.07) is 20.2. The van der Waals surface area contributed by atoms with E-state index in [0.717, 1.165) is 22.5 Å². The number of hydrogen-bond acceptors (Lipinski definition) is 6. The average molecular weight is 510 g/mol. The van der Waals surface area contributed by atoms with Crippen molar-refractivity contribution < 1.29 is 9.18 Å². The van der Waals surface area contributed by atoms with Gasteiger partial charge in [0, 0.05) is 24.0 Å². The quantitative estimate of drug-likeness (QED) is 0.399. The van der Waals surface area contributed by atoms with Crippen molar-refractivity contribution in [3.63, 3.8) is 0 Å². The van der Waals surface area contributed by atoms with Gasteiger partial charge in [-0.2, -0.15) is 5.10 Å². The van der Waals surface area contributed by atoms with Crippen LogP contribution in [0.5, 0.6) is 0 Å². The number of aliphatic imine (C=N–C) groups is 1. The molecule has 6 rings (SSSR count). The Labute approximate surface area is 220 Å². The van der Waals surface area contributed by atoms with Crippen LogP contribution < -0.4 is 10.2 Å². The van der Waals surface area contributed by atoms with E-state index in [4.69, 9.17) is 10.1 Å². The van der Waals surface area contributed by atoms with Crippen LogP contribution in [0.15, 0.2) is 71.7 Å². The summed E-state index contributed by atoms with van der Waals surface area (Å²) in [7, 11) is 1.73. The maximum Gasteiger partial charge on any atom is 0.267 e. The zero-order chi connectivity index (χ0) is 26.6. The molecule has 0 unspecified atom stereocenters. The number of amides is 1.